The summed E-state index contributed by atoms with van der Waals surface area (Å²) in [6.07, 6.45) is 4.30. The highest BCUT2D eigenvalue weighted by Crippen LogP contribution is 2.37. The summed E-state index contributed by atoms with van der Waals surface area (Å²) in [5, 5.41) is 0. The van der Waals surface area contributed by atoms with Gasteiger partial charge in [-0.2, -0.15) is 0 Å². The van der Waals surface area contributed by atoms with Gasteiger partial charge in [0.05, 0.1) is 0 Å². The van der Waals surface area contributed by atoms with Gasteiger partial charge in [-0.25, -0.2) is 0 Å². The van der Waals surface area contributed by atoms with Crippen molar-refractivity contribution in [1.29, 1.82) is 0 Å². The number of fused-ring (bicyclic) bond motifs is 1. The number of ether oxygens (including phenoxy) is 1. The molecule has 1 aromatic rings. The largest absolute Gasteiger partial charge is 0.489 e. The van der Waals surface area contributed by atoms with Crippen LogP contribution < -0.4 is 4.74 Å². The predicted octanol–water partition coefficient (Wildman–Crippen LogP) is 4.34. The highest BCUT2D eigenvalue weighted by molar-refractivity contribution is 5.66. The van der Waals surface area contributed by atoms with E-state index >= 15 is 0 Å². The van der Waals surface area contributed by atoms with Crippen molar-refractivity contribution >= 4 is 6.08 Å². The lowest BCUT2D eigenvalue weighted by Gasteiger charge is -2.22. The lowest BCUT2D eigenvalue weighted by Crippen LogP contribution is -2.07. The summed E-state index contributed by atoms with van der Waals surface area (Å²) in [5.74, 6) is 2.16. The fraction of sp³-hybridized carbons (Fsp3) is 0.467. The molecular formula is C15H20O. The van der Waals surface area contributed by atoms with Crippen molar-refractivity contribution in [3.8, 4) is 5.75 Å². The van der Waals surface area contributed by atoms with Gasteiger partial charge in [0, 0.05) is 5.56 Å². The monoisotopic (exact) mass is 216 g/mol. The van der Waals surface area contributed by atoms with Crippen LogP contribution in [0.25, 0.3) is 6.08 Å². The van der Waals surface area contributed by atoms with E-state index in [4.69, 9.17) is 4.74 Å². The minimum absolute atomic E-state index is 0.515. The van der Waals surface area contributed by atoms with Crippen LogP contribution in [0, 0.1) is 0 Å². The lowest BCUT2D eigenvalue weighted by molar-refractivity contribution is 0.352. The minimum Gasteiger partial charge on any atom is -0.489 e. The van der Waals surface area contributed by atoms with Gasteiger partial charge in [-0.15, -0.1) is 0 Å². The number of rotatable bonds is 2. The molecule has 2 rings (SSSR count). The van der Waals surface area contributed by atoms with Gasteiger partial charge in [0.15, 0.2) is 0 Å². The molecule has 0 aromatic heterocycles. The number of hydrogen-bond acceptors (Lipinski definition) is 1. The fourth-order valence-electron chi connectivity index (χ4n) is 2.22. The van der Waals surface area contributed by atoms with Crippen molar-refractivity contribution in [2.24, 2.45) is 0 Å². The number of hydrogen-bond donors (Lipinski definition) is 0. The van der Waals surface area contributed by atoms with E-state index in [0.29, 0.717) is 18.4 Å². The Hall–Kier alpha value is -1.24. The highest BCUT2D eigenvalue weighted by atomic mass is 16.5. The van der Waals surface area contributed by atoms with E-state index in [1.807, 2.05) is 0 Å². The Kier molecular flexibility index (Phi) is 3.04. The SMILES string of the molecule is CC(C)c1ccc(C(C)C)c2c1C=CCO2. The minimum atomic E-state index is 0.515. The molecule has 1 aliphatic rings. The van der Waals surface area contributed by atoms with Crippen LogP contribution in [0.15, 0.2) is 18.2 Å². The lowest BCUT2D eigenvalue weighted by atomic mass is 9.90. The van der Waals surface area contributed by atoms with Crippen molar-refractivity contribution in [2.75, 3.05) is 6.61 Å². The van der Waals surface area contributed by atoms with Crippen molar-refractivity contribution in [3.63, 3.8) is 0 Å². The molecule has 0 unspecified atom stereocenters. The quantitative estimate of drug-likeness (QED) is 0.714. The molecule has 1 nitrogen and oxygen atoms in total. The Morgan fingerprint density at radius 2 is 1.62 bits per heavy atom. The first-order valence-electron chi connectivity index (χ1n) is 6.07. The first-order valence-corrected chi connectivity index (χ1v) is 6.07. The fourth-order valence-corrected chi connectivity index (χ4v) is 2.22. The molecule has 1 aliphatic heterocycles. The summed E-state index contributed by atoms with van der Waals surface area (Å²) in [5.41, 5.74) is 3.99. The van der Waals surface area contributed by atoms with Crippen LogP contribution in [0.1, 0.15) is 56.2 Å². The van der Waals surface area contributed by atoms with Crippen LogP contribution in [-0.2, 0) is 0 Å². The summed E-state index contributed by atoms with van der Waals surface area (Å²) < 4.78 is 5.82. The number of benzene rings is 1. The zero-order valence-corrected chi connectivity index (χ0v) is 10.6. The van der Waals surface area contributed by atoms with Crippen molar-refractivity contribution in [2.45, 2.75) is 39.5 Å². The van der Waals surface area contributed by atoms with E-state index in [-0.39, 0.29) is 0 Å². The van der Waals surface area contributed by atoms with Gasteiger partial charge in [0.25, 0.3) is 0 Å². The zero-order valence-electron chi connectivity index (χ0n) is 10.6. The maximum Gasteiger partial charge on any atom is 0.130 e. The summed E-state index contributed by atoms with van der Waals surface area (Å²) in [6.45, 7) is 9.59. The van der Waals surface area contributed by atoms with Crippen molar-refractivity contribution in [3.05, 3.63) is 34.9 Å². The molecular weight excluding hydrogens is 196 g/mol. The second-order valence-electron chi connectivity index (χ2n) is 5.01. The average molecular weight is 216 g/mol. The molecule has 16 heavy (non-hydrogen) atoms. The standard InChI is InChI=1S/C15H20O/c1-10(2)12-7-8-13(11(3)4)15-14(12)6-5-9-16-15/h5-8,10-11H,9H2,1-4H3. The Morgan fingerprint density at radius 3 is 2.25 bits per heavy atom. The van der Waals surface area contributed by atoms with Gasteiger partial charge in [-0.1, -0.05) is 45.9 Å². The summed E-state index contributed by atoms with van der Waals surface area (Å²) in [4.78, 5) is 0. The van der Waals surface area contributed by atoms with Gasteiger partial charge < -0.3 is 4.74 Å². The van der Waals surface area contributed by atoms with Crippen LogP contribution in [0.2, 0.25) is 0 Å². The summed E-state index contributed by atoms with van der Waals surface area (Å²) in [6, 6.07) is 4.47. The van der Waals surface area contributed by atoms with E-state index in [1.54, 1.807) is 0 Å². The van der Waals surface area contributed by atoms with Gasteiger partial charge in [0.1, 0.15) is 12.4 Å². The molecule has 0 atom stereocenters. The van der Waals surface area contributed by atoms with Crippen LogP contribution in [0.4, 0.5) is 0 Å². The average Bonchev–Trinajstić information content (AvgIpc) is 2.27. The predicted molar refractivity (Wildman–Crippen MR) is 69.1 cm³/mol. The van der Waals surface area contributed by atoms with Gasteiger partial charge in [0.2, 0.25) is 0 Å². The first-order chi connectivity index (χ1) is 7.61. The Bertz CT molecular complexity index is 414. The summed E-state index contributed by atoms with van der Waals surface area (Å²) in [7, 11) is 0. The van der Waals surface area contributed by atoms with E-state index < -0.39 is 0 Å². The Morgan fingerprint density at radius 1 is 1.00 bits per heavy atom. The molecule has 0 radical (unpaired) electrons. The molecule has 0 spiro atoms. The van der Waals surface area contributed by atoms with E-state index in [9.17, 15) is 0 Å². The smallest absolute Gasteiger partial charge is 0.130 e. The summed E-state index contributed by atoms with van der Waals surface area (Å²) >= 11 is 0. The molecule has 1 heteroatoms. The molecule has 0 bridgehead atoms. The second kappa shape index (κ2) is 4.32. The third-order valence-electron chi connectivity index (χ3n) is 3.11. The van der Waals surface area contributed by atoms with E-state index in [0.717, 1.165) is 5.75 Å². The van der Waals surface area contributed by atoms with Crippen molar-refractivity contribution in [1.82, 2.24) is 0 Å². The van der Waals surface area contributed by atoms with Crippen molar-refractivity contribution < 1.29 is 4.74 Å². The van der Waals surface area contributed by atoms with E-state index in [2.05, 4.69) is 52.0 Å². The normalized spacial score (nSPS) is 14.1. The Labute approximate surface area is 98.1 Å². The third-order valence-corrected chi connectivity index (χ3v) is 3.11. The molecule has 0 aliphatic carbocycles. The van der Waals surface area contributed by atoms with E-state index in [1.165, 1.54) is 16.7 Å². The third kappa shape index (κ3) is 1.87. The molecule has 0 amide bonds. The topological polar surface area (TPSA) is 9.23 Å². The van der Waals surface area contributed by atoms with Crippen LogP contribution in [-0.4, -0.2) is 6.61 Å². The maximum absolute atomic E-state index is 5.82. The molecule has 86 valence electrons. The van der Waals surface area contributed by atoms with Crippen LogP contribution >= 0.6 is 0 Å². The van der Waals surface area contributed by atoms with Gasteiger partial charge >= 0.3 is 0 Å². The molecule has 1 heterocycles. The highest BCUT2D eigenvalue weighted by Gasteiger charge is 2.18. The second-order valence-corrected chi connectivity index (χ2v) is 5.01. The first kappa shape index (κ1) is 11.3. The maximum atomic E-state index is 5.82. The molecule has 0 saturated heterocycles. The van der Waals surface area contributed by atoms with Crippen LogP contribution in [0.3, 0.4) is 0 Å². The molecule has 1 aromatic carbocycles. The molecule has 0 saturated carbocycles. The molecule has 0 fully saturated rings. The van der Waals surface area contributed by atoms with Crippen LogP contribution in [0.5, 0.6) is 5.75 Å². The van der Waals surface area contributed by atoms with Gasteiger partial charge in [-0.3, -0.25) is 0 Å². The Balaban J connectivity index is 2.60. The zero-order chi connectivity index (χ0) is 11.7. The van der Waals surface area contributed by atoms with Gasteiger partial charge in [-0.05, 0) is 29.0 Å². The molecule has 0 N–H and O–H groups in total.